The van der Waals surface area contributed by atoms with Crippen molar-refractivity contribution in [3.63, 3.8) is 0 Å². The Morgan fingerprint density at radius 2 is 2.25 bits per heavy atom. The fourth-order valence-electron chi connectivity index (χ4n) is 1.13. The number of allylic oxidation sites excluding steroid dienone is 1. The second kappa shape index (κ2) is 6.55. The van der Waals surface area contributed by atoms with E-state index in [4.69, 9.17) is 0 Å². The zero-order valence-corrected chi connectivity index (χ0v) is 9.53. The molecule has 0 atom stereocenters. The fourth-order valence-corrected chi connectivity index (χ4v) is 1.13. The van der Waals surface area contributed by atoms with Crippen molar-refractivity contribution in [3.05, 3.63) is 30.0 Å². The molecule has 5 heteroatoms. The van der Waals surface area contributed by atoms with Crippen LogP contribution < -0.4 is 10.6 Å². The van der Waals surface area contributed by atoms with E-state index in [0.717, 1.165) is 13.0 Å². The lowest BCUT2D eigenvalue weighted by atomic mass is 10.3. The van der Waals surface area contributed by atoms with Crippen LogP contribution in [-0.2, 0) is 0 Å². The molecule has 0 radical (unpaired) electrons. The van der Waals surface area contributed by atoms with Crippen molar-refractivity contribution >= 4 is 11.7 Å². The molecular formula is C11H16N4O. The number of nitrogens with zero attached hydrogens (tertiary/aromatic N) is 2. The minimum absolute atomic E-state index is 0.229. The smallest absolute Gasteiger partial charge is 0.271 e. The van der Waals surface area contributed by atoms with Crippen molar-refractivity contribution in [1.82, 2.24) is 15.5 Å². The van der Waals surface area contributed by atoms with Crippen LogP contribution in [0.1, 0.15) is 23.8 Å². The second-order valence-electron chi connectivity index (χ2n) is 3.17. The van der Waals surface area contributed by atoms with Gasteiger partial charge in [-0.25, -0.2) is 0 Å². The third-order valence-electron chi connectivity index (χ3n) is 1.98. The molecule has 0 unspecified atom stereocenters. The fraction of sp³-hybridized carbons (Fsp3) is 0.364. The van der Waals surface area contributed by atoms with Crippen LogP contribution in [0.2, 0.25) is 0 Å². The Kier molecular flexibility index (Phi) is 4.98. The quantitative estimate of drug-likeness (QED) is 0.578. The van der Waals surface area contributed by atoms with Gasteiger partial charge in [0.25, 0.3) is 5.91 Å². The lowest BCUT2D eigenvalue weighted by Crippen LogP contribution is -2.19. The molecule has 86 valence electrons. The predicted octanol–water partition coefficient (Wildman–Crippen LogP) is 1.21. The maximum atomic E-state index is 11.2. The Labute approximate surface area is 95.0 Å². The van der Waals surface area contributed by atoms with Gasteiger partial charge in [0.05, 0.1) is 0 Å². The monoisotopic (exact) mass is 220 g/mol. The van der Waals surface area contributed by atoms with Crippen LogP contribution in [0.15, 0.2) is 24.3 Å². The summed E-state index contributed by atoms with van der Waals surface area (Å²) in [6, 6.07) is 3.39. The van der Waals surface area contributed by atoms with Crippen molar-refractivity contribution in [2.75, 3.05) is 18.9 Å². The third kappa shape index (κ3) is 3.68. The van der Waals surface area contributed by atoms with Gasteiger partial charge >= 0.3 is 0 Å². The van der Waals surface area contributed by atoms with E-state index in [1.165, 1.54) is 0 Å². The van der Waals surface area contributed by atoms with Gasteiger partial charge in [-0.3, -0.25) is 4.79 Å². The zero-order valence-electron chi connectivity index (χ0n) is 9.53. The number of hydrogen-bond acceptors (Lipinski definition) is 4. The van der Waals surface area contributed by atoms with Crippen LogP contribution in [-0.4, -0.2) is 29.7 Å². The molecule has 0 aliphatic heterocycles. The van der Waals surface area contributed by atoms with Crippen molar-refractivity contribution in [1.29, 1.82) is 0 Å². The first-order chi connectivity index (χ1) is 7.77. The standard InChI is InChI=1S/C11H16N4O/c1-3-4-5-8-13-10-7-6-9(14-15-10)11(16)12-2/h3-4,6-7H,5,8H2,1-2H3,(H,12,16)(H,13,15)/b4-3+. The highest BCUT2D eigenvalue weighted by Gasteiger charge is 2.04. The molecule has 1 heterocycles. The van der Waals surface area contributed by atoms with E-state index in [-0.39, 0.29) is 5.91 Å². The van der Waals surface area contributed by atoms with E-state index in [1.54, 1.807) is 19.2 Å². The molecule has 0 bridgehead atoms. The van der Waals surface area contributed by atoms with Crippen molar-refractivity contribution in [2.45, 2.75) is 13.3 Å². The maximum Gasteiger partial charge on any atom is 0.271 e. The summed E-state index contributed by atoms with van der Waals surface area (Å²) in [5.74, 6) is 0.449. The average molecular weight is 220 g/mol. The number of nitrogens with one attached hydrogen (secondary N) is 2. The van der Waals surface area contributed by atoms with Crippen LogP contribution in [0, 0.1) is 0 Å². The zero-order chi connectivity index (χ0) is 11.8. The van der Waals surface area contributed by atoms with Gasteiger partial charge in [0.15, 0.2) is 5.69 Å². The first kappa shape index (κ1) is 12.2. The third-order valence-corrected chi connectivity index (χ3v) is 1.98. The predicted molar refractivity (Wildman–Crippen MR) is 63.3 cm³/mol. The largest absolute Gasteiger partial charge is 0.368 e. The molecule has 2 N–H and O–H groups in total. The van der Waals surface area contributed by atoms with Gasteiger partial charge in [0, 0.05) is 13.6 Å². The first-order valence-corrected chi connectivity index (χ1v) is 5.18. The molecule has 1 rings (SSSR count). The molecule has 0 spiro atoms. The summed E-state index contributed by atoms with van der Waals surface area (Å²) in [5, 5.41) is 13.3. The summed E-state index contributed by atoms with van der Waals surface area (Å²) < 4.78 is 0. The minimum atomic E-state index is -0.229. The topological polar surface area (TPSA) is 66.9 Å². The van der Waals surface area contributed by atoms with Crippen LogP contribution in [0.4, 0.5) is 5.82 Å². The number of carbonyl (C=O) groups is 1. The Bertz CT molecular complexity index is 359. The van der Waals surface area contributed by atoms with Crippen molar-refractivity contribution < 1.29 is 4.79 Å². The van der Waals surface area contributed by atoms with E-state index in [0.29, 0.717) is 11.5 Å². The Morgan fingerprint density at radius 1 is 1.44 bits per heavy atom. The van der Waals surface area contributed by atoms with Crippen LogP contribution in [0.3, 0.4) is 0 Å². The van der Waals surface area contributed by atoms with E-state index < -0.39 is 0 Å². The highest BCUT2D eigenvalue weighted by atomic mass is 16.1. The Balaban J connectivity index is 2.48. The van der Waals surface area contributed by atoms with E-state index in [9.17, 15) is 4.79 Å². The van der Waals surface area contributed by atoms with Crippen LogP contribution >= 0.6 is 0 Å². The molecule has 1 aromatic rings. The average Bonchev–Trinajstić information content (AvgIpc) is 2.34. The van der Waals surface area contributed by atoms with Gasteiger partial charge in [-0.15, -0.1) is 10.2 Å². The number of anilines is 1. The lowest BCUT2D eigenvalue weighted by Gasteiger charge is -2.03. The van der Waals surface area contributed by atoms with Gasteiger partial charge in [-0.1, -0.05) is 12.2 Å². The number of hydrogen-bond donors (Lipinski definition) is 2. The normalized spacial score (nSPS) is 10.4. The number of amides is 1. The summed E-state index contributed by atoms with van der Waals surface area (Å²) in [6.07, 6.45) is 5.01. The summed E-state index contributed by atoms with van der Waals surface area (Å²) in [4.78, 5) is 11.2. The van der Waals surface area contributed by atoms with Crippen LogP contribution in [0.25, 0.3) is 0 Å². The van der Waals surface area contributed by atoms with E-state index in [1.807, 2.05) is 13.0 Å². The molecule has 0 aliphatic carbocycles. The van der Waals surface area contributed by atoms with Crippen molar-refractivity contribution in [2.24, 2.45) is 0 Å². The van der Waals surface area contributed by atoms with Gasteiger partial charge in [-0.2, -0.15) is 0 Å². The molecule has 0 saturated heterocycles. The lowest BCUT2D eigenvalue weighted by molar-refractivity contribution is 0.0957. The maximum absolute atomic E-state index is 11.2. The molecule has 0 fully saturated rings. The van der Waals surface area contributed by atoms with E-state index >= 15 is 0 Å². The molecule has 1 amide bonds. The molecular weight excluding hydrogens is 204 g/mol. The van der Waals surface area contributed by atoms with Crippen LogP contribution in [0.5, 0.6) is 0 Å². The summed E-state index contributed by atoms with van der Waals surface area (Å²) in [5.41, 5.74) is 0.321. The SMILES string of the molecule is C/C=C/CCNc1ccc(C(=O)NC)nn1. The molecule has 0 saturated carbocycles. The number of aromatic nitrogens is 2. The first-order valence-electron chi connectivity index (χ1n) is 5.18. The Morgan fingerprint density at radius 3 is 2.81 bits per heavy atom. The molecule has 16 heavy (non-hydrogen) atoms. The second-order valence-corrected chi connectivity index (χ2v) is 3.17. The highest BCUT2D eigenvalue weighted by Crippen LogP contribution is 2.01. The number of rotatable bonds is 5. The van der Waals surface area contributed by atoms with Crippen molar-refractivity contribution in [3.8, 4) is 0 Å². The summed E-state index contributed by atoms with van der Waals surface area (Å²) in [6.45, 7) is 2.79. The molecule has 1 aromatic heterocycles. The van der Waals surface area contributed by atoms with Gasteiger partial charge in [-0.05, 0) is 25.5 Å². The Hall–Kier alpha value is -1.91. The molecule has 0 aliphatic rings. The van der Waals surface area contributed by atoms with Gasteiger partial charge < -0.3 is 10.6 Å². The van der Waals surface area contributed by atoms with E-state index in [2.05, 4.69) is 26.9 Å². The molecule has 5 nitrogen and oxygen atoms in total. The van der Waals surface area contributed by atoms with Gasteiger partial charge in [0.1, 0.15) is 5.82 Å². The number of carbonyl (C=O) groups excluding carboxylic acids is 1. The minimum Gasteiger partial charge on any atom is -0.368 e. The molecule has 0 aromatic carbocycles. The van der Waals surface area contributed by atoms with Gasteiger partial charge in [0.2, 0.25) is 0 Å². The highest BCUT2D eigenvalue weighted by molar-refractivity contribution is 5.91. The summed E-state index contributed by atoms with van der Waals surface area (Å²) in [7, 11) is 1.56. The summed E-state index contributed by atoms with van der Waals surface area (Å²) >= 11 is 0.